The molecule has 2 aliphatic rings. The quantitative estimate of drug-likeness (QED) is 0.809. The zero-order valence-corrected chi connectivity index (χ0v) is 13.0. The number of hydrogen-bond donors (Lipinski definition) is 0. The number of piperidine rings is 1. The van der Waals surface area contributed by atoms with E-state index >= 15 is 0 Å². The standard InChI is InChI=1S/C14H20BrF2N3/c15-11-8-18-20(9-11)13-4-1-3-12(7-13)19-6-2-5-14(16,17)10-19/h8-9,12-13H,1-7,10H2/t12-,13-/m1/s1. The Labute approximate surface area is 126 Å². The molecule has 1 aromatic heterocycles. The van der Waals surface area contributed by atoms with Crippen molar-refractivity contribution in [3.63, 3.8) is 0 Å². The van der Waals surface area contributed by atoms with Gasteiger partial charge in [-0.15, -0.1) is 0 Å². The summed E-state index contributed by atoms with van der Waals surface area (Å²) in [5.41, 5.74) is 0. The minimum absolute atomic E-state index is 0.0474. The maximum Gasteiger partial charge on any atom is 0.260 e. The highest BCUT2D eigenvalue weighted by atomic mass is 79.9. The highest BCUT2D eigenvalue weighted by Crippen LogP contribution is 2.35. The van der Waals surface area contributed by atoms with Crippen molar-refractivity contribution < 1.29 is 8.78 Å². The first-order chi connectivity index (χ1) is 9.53. The lowest BCUT2D eigenvalue weighted by atomic mass is 9.88. The van der Waals surface area contributed by atoms with Crippen LogP contribution in [0.5, 0.6) is 0 Å². The van der Waals surface area contributed by atoms with E-state index in [9.17, 15) is 8.78 Å². The first-order valence-corrected chi connectivity index (χ1v) is 8.14. The molecule has 1 aliphatic carbocycles. The van der Waals surface area contributed by atoms with Gasteiger partial charge in [-0.1, -0.05) is 0 Å². The normalized spacial score (nSPS) is 31.4. The summed E-state index contributed by atoms with van der Waals surface area (Å²) in [4.78, 5) is 2.01. The van der Waals surface area contributed by atoms with Gasteiger partial charge in [0.2, 0.25) is 0 Å². The molecule has 0 bridgehead atoms. The van der Waals surface area contributed by atoms with E-state index in [-0.39, 0.29) is 19.0 Å². The summed E-state index contributed by atoms with van der Waals surface area (Å²) < 4.78 is 30.1. The van der Waals surface area contributed by atoms with Crippen molar-refractivity contribution in [1.82, 2.24) is 14.7 Å². The third kappa shape index (κ3) is 3.22. The van der Waals surface area contributed by atoms with Crippen molar-refractivity contribution in [3.05, 3.63) is 16.9 Å². The van der Waals surface area contributed by atoms with Crippen molar-refractivity contribution in [2.45, 2.75) is 56.5 Å². The van der Waals surface area contributed by atoms with Crippen LogP contribution in [0.4, 0.5) is 8.78 Å². The monoisotopic (exact) mass is 347 g/mol. The minimum atomic E-state index is -2.50. The molecule has 3 nitrogen and oxygen atoms in total. The van der Waals surface area contributed by atoms with Gasteiger partial charge < -0.3 is 0 Å². The van der Waals surface area contributed by atoms with E-state index in [0.29, 0.717) is 12.5 Å². The molecule has 0 N–H and O–H groups in total. The number of hydrogen-bond acceptors (Lipinski definition) is 2. The average Bonchev–Trinajstić information content (AvgIpc) is 2.85. The average molecular weight is 348 g/mol. The molecule has 0 aromatic carbocycles. The second-order valence-corrected chi connectivity index (χ2v) is 6.96. The lowest BCUT2D eigenvalue weighted by Gasteiger charge is -2.41. The van der Waals surface area contributed by atoms with E-state index in [1.165, 1.54) is 0 Å². The molecular weight excluding hydrogens is 328 g/mol. The van der Waals surface area contributed by atoms with Gasteiger partial charge >= 0.3 is 0 Å². The molecule has 0 spiro atoms. The SMILES string of the molecule is FC1(F)CCCN([C@@H]2CCC[C@@H](n3cc(Br)cn3)C2)C1. The summed E-state index contributed by atoms with van der Waals surface area (Å²) in [5, 5.41) is 4.35. The van der Waals surface area contributed by atoms with Crippen molar-refractivity contribution in [3.8, 4) is 0 Å². The Balaban J connectivity index is 1.66. The van der Waals surface area contributed by atoms with Gasteiger partial charge in [0.1, 0.15) is 0 Å². The number of halogens is 3. The lowest BCUT2D eigenvalue weighted by molar-refractivity contribution is -0.0803. The van der Waals surface area contributed by atoms with Crippen LogP contribution >= 0.6 is 15.9 Å². The predicted molar refractivity (Wildman–Crippen MR) is 77.0 cm³/mol. The van der Waals surface area contributed by atoms with Crippen molar-refractivity contribution in [2.24, 2.45) is 0 Å². The fourth-order valence-corrected chi connectivity index (χ4v) is 3.83. The van der Waals surface area contributed by atoms with Crippen LogP contribution in [-0.4, -0.2) is 39.7 Å². The summed E-state index contributed by atoms with van der Waals surface area (Å²) in [6.45, 7) is 0.753. The molecule has 6 heteroatoms. The topological polar surface area (TPSA) is 21.1 Å². The summed E-state index contributed by atoms with van der Waals surface area (Å²) >= 11 is 3.41. The number of rotatable bonds is 2. The molecule has 0 unspecified atom stereocenters. The van der Waals surface area contributed by atoms with E-state index in [4.69, 9.17) is 0 Å². The van der Waals surface area contributed by atoms with Crippen LogP contribution in [0, 0.1) is 0 Å². The van der Waals surface area contributed by atoms with E-state index in [2.05, 4.69) is 21.0 Å². The van der Waals surface area contributed by atoms with Crippen LogP contribution in [-0.2, 0) is 0 Å². The first kappa shape index (κ1) is 14.4. The van der Waals surface area contributed by atoms with E-state index in [0.717, 1.165) is 36.7 Å². The van der Waals surface area contributed by atoms with E-state index in [1.807, 2.05) is 15.8 Å². The van der Waals surface area contributed by atoms with Crippen molar-refractivity contribution in [1.29, 1.82) is 0 Å². The molecule has 1 aromatic rings. The number of likely N-dealkylation sites (tertiary alicyclic amines) is 1. The maximum absolute atomic E-state index is 13.6. The van der Waals surface area contributed by atoms with Crippen molar-refractivity contribution >= 4 is 15.9 Å². The third-order valence-electron chi connectivity index (χ3n) is 4.50. The fourth-order valence-electron chi connectivity index (χ4n) is 3.53. The Hall–Kier alpha value is -0.490. The number of alkyl halides is 2. The molecule has 1 saturated carbocycles. The second-order valence-electron chi connectivity index (χ2n) is 6.04. The Morgan fingerprint density at radius 1 is 1.25 bits per heavy atom. The van der Waals surface area contributed by atoms with Gasteiger partial charge in [-0.05, 0) is 54.6 Å². The van der Waals surface area contributed by atoms with Gasteiger partial charge in [0.25, 0.3) is 5.92 Å². The summed E-state index contributed by atoms with van der Waals surface area (Å²) in [6.07, 6.45) is 8.59. The Bertz CT molecular complexity index is 463. The van der Waals surface area contributed by atoms with Gasteiger partial charge in [-0.3, -0.25) is 9.58 Å². The van der Waals surface area contributed by atoms with Crippen LogP contribution in [0.2, 0.25) is 0 Å². The van der Waals surface area contributed by atoms with Crippen LogP contribution in [0.1, 0.15) is 44.6 Å². The molecular formula is C14H20BrF2N3. The van der Waals surface area contributed by atoms with E-state index < -0.39 is 5.92 Å². The molecule has 20 heavy (non-hydrogen) atoms. The molecule has 3 rings (SSSR count). The van der Waals surface area contributed by atoms with E-state index in [1.54, 1.807) is 6.20 Å². The Kier molecular flexibility index (Phi) is 4.13. The first-order valence-electron chi connectivity index (χ1n) is 7.35. The van der Waals surface area contributed by atoms with Gasteiger partial charge in [0.05, 0.1) is 23.3 Å². The van der Waals surface area contributed by atoms with Gasteiger partial charge in [-0.25, -0.2) is 8.78 Å². The van der Waals surface area contributed by atoms with Gasteiger partial charge in [0.15, 0.2) is 0 Å². The molecule has 0 radical (unpaired) electrons. The highest BCUT2D eigenvalue weighted by Gasteiger charge is 2.39. The zero-order valence-electron chi connectivity index (χ0n) is 11.4. The summed E-state index contributed by atoms with van der Waals surface area (Å²) in [5.74, 6) is -2.50. The van der Waals surface area contributed by atoms with Crippen LogP contribution in [0.25, 0.3) is 0 Å². The van der Waals surface area contributed by atoms with Crippen LogP contribution < -0.4 is 0 Å². The Morgan fingerprint density at radius 3 is 2.75 bits per heavy atom. The molecule has 112 valence electrons. The molecule has 2 heterocycles. The molecule has 2 atom stereocenters. The van der Waals surface area contributed by atoms with Crippen LogP contribution in [0.3, 0.4) is 0 Å². The number of nitrogens with zero attached hydrogens (tertiary/aromatic N) is 3. The van der Waals surface area contributed by atoms with Crippen molar-refractivity contribution in [2.75, 3.05) is 13.1 Å². The third-order valence-corrected chi connectivity index (χ3v) is 4.91. The Morgan fingerprint density at radius 2 is 2.05 bits per heavy atom. The second kappa shape index (κ2) is 5.72. The van der Waals surface area contributed by atoms with Crippen LogP contribution in [0.15, 0.2) is 16.9 Å². The molecule has 0 amide bonds. The summed E-state index contributed by atoms with van der Waals surface area (Å²) in [7, 11) is 0. The molecule has 2 fully saturated rings. The number of aromatic nitrogens is 2. The zero-order chi connectivity index (χ0) is 14.2. The minimum Gasteiger partial charge on any atom is -0.294 e. The summed E-state index contributed by atoms with van der Waals surface area (Å²) in [6, 6.07) is 0.624. The largest absolute Gasteiger partial charge is 0.294 e. The fraction of sp³-hybridized carbons (Fsp3) is 0.786. The van der Waals surface area contributed by atoms with Gasteiger partial charge in [0, 0.05) is 18.7 Å². The predicted octanol–water partition coefficient (Wildman–Crippen LogP) is 3.86. The van der Waals surface area contributed by atoms with Gasteiger partial charge in [-0.2, -0.15) is 5.10 Å². The molecule has 1 aliphatic heterocycles. The maximum atomic E-state index is 13.6. The highest BCUT2D eigenvalue weighted by molar-refractivity contribution is 9.10. The smallest absolute Gasteiger partial charge is 0.260 e. The molecule has 1 saturated heterocycles. The lowest BCUT2D eigenvalue weighted by Crippen LogP contribution is -2.49.